The van der Waals surface area contributed by atoms with E-state index in [0.29, 0.717) is 16.6 Å². The van der Waals surface area contributed by atoms with Gasteiger partial charge in [0.15, 0.2) is 0 Å². The first kappa shape index (κ1) is 18.2. The van der Waals surface area contributed by atoms with Crippen LogP contribution in [0.1, 0.15) is 0 Å². The molecular formula is C16H13ClFN5O2S. The minimum absolute atomic E-state index is 0.0598. The molecule has 2 aromatic carbocycles. The van der Waals surface area contributed by atoms with Crippen LogP contribution in [0.4, 0.5) is 10.1 Å². The molecule has 0 aliphatic rings. The maximum Gasteiger partial charge on any atom is 0.234 e. The van der Waals surface area contributed by atoms with Gasteiger partial charge in [-0.2, -0.15) is 4.68 Å². The van der Waals surface area contributed by atoms with Gasteiger partial charge in [0.2, 0.25) is 11.1 Å². The van der Waals surface area contributed by atoms with E-state index >= 15 is 0 Å². The summed E-state index contributed by atoms with van der Waals surface area (Å²) in [4.78, 5) is 12.1. The number of tetrazole rings is 1. The number of hydrogen-bond acceptors (Lipinski definition) is 6. The van der Waals surface area contributed by atoms with E-state index in [1.807, 2.05) is 0 Å². The molecule has 10 heteroatoms. The van der Waals surface area contributed by atoms with E-state index < -0.39 is 5.82 Å². The zero-order valence-electron chi connectivity index (χ0n) is 13.5. The fourth-order valence-corrected chi connectivity index (χ4v) is 2.97. The van der Waals surface area contributed by atoms with Crippen LogP contribution in [0.15, 0.2) is 47.6 Å². The Morgan fingerprint density at radius 1 is 1.31 bits per heavy atom. The largest absolute Gasteiger partial charge is 0.497 e. The Morgan fingerprint density at radius 2 is 2.08 bits per heavy atom. The zero-order valence-corrected chi connectivity index (χ0v) is 15.1. The summed E-state index contributed by atoms with van der Waals surface area (Å²) in [6, 6.07) is 10.9. The van der Waals surface area contributed by atoms with Crippen molar-refractivity contribution in [2.24, 2.45) is 0 Å². The Morgan fingerprint density at radius 3 is 2.77 bits per heavy atom. The third-order valence-electron chi connectivity index (χ3n) is 3.30. The molecule has 1 aromatic heterocycles. The van der Waals surface area contributed by atoms with Crippen LogP contribution in [-0.4, -0.2) is 39.0 Å². The van der Waals surface area contributed by atoms with Crippen LogP contribution < -0.4 is 10.1 Å². The van der Waals surface area contributed by atoms with Gasteiger partial charge >= 0.3 is 0 Å². The van der Waals surface area contributed by atoms with Crippen molar-refractivity contribution < 1.29 is 13.9 Å². The molecule has 0 saturated carbocycles. The second-order valence-electron chi connectivity index (χ2n) is 5.03. The second-order valence-corrected chi connectivity index (χ2v) is 6.38. The number of nitrogens with one attached hydrogen (secondary N) is 1. The van der Waals surface area contributed by atoms with E-state index in [4.69, 9.17) is 16.3 Å². The molecule has 0 radical (unpaired) electrons. The summed E-state index contributed by atoms with van der Waals surface area (Å²) >= 11 is 7.06. The smallest absolute Gasteiger partial charge is 0.234 e. The van der Waals surface area contributed by atoms with E-state index in [1.54, 1.807) is 31.4 Å². The number of carbonyl (C=O) groups excluding carboxylic acids is 1. The number of thioether (sulfide) groups is 1. The monoisotopic (exact) mass is 393 g/mol. The number of benzene rings is 2. The highest BCUT2D eigenvalue weighted by Gasteiger charge is 2.13. The minimum atomic E-state index is -0.471. The maximum absolute atomic E-state index is 13.0. The number of rotatable bonds is 6. The van der Waals surface area contributed by atoms with Crippen LogP contribution >= 0.6 is 23.4 Å². The van der Waals surface area contributed by atoms with E-state index in [-0.39, 0.29) is 16.7 Å². The summed E-state index contributed by atoms with van der Waals surface area (Å²) in [6.07, 6.45) is 0. The number of aromatic nitrogens is 4. The summed E-state index contributed by atoms with van der Waals surface area (Å²) in [5, 5.41) is 14.7. The van der Waals surface area contributed by atoms with Gasteiger partial charge in [-0.25, -0.2) is 4.39 Å². The second kappa shape index (κ2) is 8.15. The van der Waals surface area contributed by atoms with Crippen LogP contribution in [0, 0.1) is 5.82 Å². The number of anilines is 1. The zero-order chi connectivity index (χ0) is 18.5. The predicted molar refractivity (Wildman–Crippen MR) is 96.5 cm³/mol. The van der Waals surface area contributed by atoms with Crippen molar-refractivity contribution in [2.45, 2.75) is 5.16 Å². The number of methoxy groups -OCH3 is 1. The lowest BCUT2D eigenvalue weighted by molar-refractivity contribution is -0.113. The lowest BCUT2D eigenvalue weighted by Gasteiger charge is -2.07. The van der Waals surface area contributed by atoms with E-state index in [2.05, 4.69) is 20.8 Å². The average molecular weight is 394 g/mol. The third kappa shape index (κ3) is 4.30. The highest BCUT2D eigenvalue weighted by Crippen LogP contribution is 2.24. The van der Waals surface area contributed by atoms with Crippen LogP contribution in [0.5, 0.6) is 5.75 Å². The normalized spacial score (nSPS) is 10.6. The molecule has 3 rings (SSSR count). The molecule has 0 aliphatic carbocycles. The molecule has 0 aliphatic heterocycles. The SMILES string of the molecule is COc1ccc(-n2nnnc2SCC(=O)Nc2ccc(F)cc2Cl)cc1. The molecule has 0 atom stereocenters. The van der Waals surface area contributed by atoms with Crippen molar-refractivity contribution in [3.8, 4) is 11.4 Å². The van der Waals surface area contributed by atoms with Crippen LogP contribution in [0.3, 0.4) is 0 Å². The Hall–Kier alpha value is -2.65. The number of nitrogens with zero attached hydrogens (tertiary/aromatic N) is 4. The molecule has 0 spiro atoms. The quantitative estimate of drug-likeness (QED) is 0.648. The molecule has 3 aromatic rings. The van der Waals surface area contributed by atoms with Gasteiger partial charge in [0, 0.05) is 0 Å². The topological polar surface area (TPSA) is 81.9 Å². The third-order valence-corrected chi connectivity index (χ3v) is 4.53. The predicted octanol–water partition coefficient (Wildman–Crippen LogP) is 3.19. The van der Waals surface area contributed by atoms with Crippen molar-refractivity contribution in [1.82, 2.24) is 20.2 Å². The van der Waals surface area contributed by atoms with E-state index in [0.717, 1.165) is 23.5 Å². The Labute approximate surface area is 157 Å². The molecule has 7 nitrogen and oxygen atoms in total. The van der Waals surface area contributed by atoms with E-state index in [1.165, 1.54) is 16.8 Å². The highest BCUT2D eigenvalue weighted by atomic mass is 35.5. The van der Waals surface area contributed by atoms with Crippen molar-refractivity contribution in [1.29, 1.82) is 0 Å². The summed E-state index contributed by atoms with van der Waals surface area (Å²) in [7, 11) is 1.58. The molecule has 1 amide bonds. The van der Waals surface area contributed by atoms with Gasteiger partial charge in [0.05, 0.1) is 29.3 Å². The molecule has 0 unspecified atom stereocenters. The molecule has 0 fully saturated rings. The first-order valence-corrected chi connectivity index (χ1v) is 8.73. The van der Waals surface area contributed by atoms with Gasteiger partial charge < -0.3 is 10.1 Å². The van der Waals surface area contributed by atoms with Crippen LogP contribution in [0.2, 0.25) is 5.02 Å². The summed E-state index contributed by atoms with van der Waals surface area (Å²) in [5.74, 6) is -0.00931. The lowest BCUT2D eigenvalue weighted by atomic mass is 10.3. The van der Waals surface area contributed by atoms with E-state index in [9.17, 15) is 9.18 Å². The van der Waals surface area contributed by atoms with Crippen LogP contribution in [0.25, 0.3) is 5.69 Å². The van der Waals surface area contributed by atoms with Crippen molar-refractivity contribution in [2.75, 3.05) is 18.2 Å². The molecule has 134 valence electrons. The van der Waals surface area contributed by atoms with Gasteiger partial charge in [0.1, 0.15) is 11.6 Å². The average Bonchev–Trinajstić information content (AvgIpc) is 3.11. The number of hydrogen-bond donors (Lipinski definition) is 1. The van der Waals surface area contributed by atoms with Crippen molar-refractivity contribution in [3.05, 3.63) is 53.3 Å². The minimum Gasteiger partial charge on any atom is -0.497 e. The highest BCUT2D eigenvalue weighted by molar-refractivity contribution is 7.99. The lowest BCUT2D eigenvalue weighted by Crippen LogP contribution is -2.15. The Balaban J connectivity index is 1.64. The fraction of sp³-hybridized carbons (Fsp3) is 0.125. The first-order valence-electron chi connectivity index (χ1n) is 7.37. The molecule has 0 saturated heterocycles. The molecule has 1 N–H and O–H groups in total. The van der Waals surface area contributed by atoms with Gasteiger partial charge in [-0.15, -0.1) is 5.10 Å². The summed E-state index contributed by atoms with van der Waals surface area (Å²) < 4.78 is 19.7. The number of carbonyl (C=O) groups is 1. The van der Waals surface area contributed by atoms with Gasteiger partial charge in [-0.05, 0) is 52.9 Å². The van der Waals surface area contributed by atoms with Crippen molar-refractivity contribution >= 4 is 35.0 Å². The van der Waals surface area contributed by atoms with Gasteiger partial charge in [-0.1, -0.05) is 23.4 Å². The maximum atomic E-state index is 13.0. The van der Waals surface area contributed by atoms with Crippen LogP contribution in [-0.2, 0) is 4.79 Å². The number of ether oxygens (including phenoxy) is 1. The Kier molecular flexibility index (Phi) is 5.69. The fourth-order valence-electron chi connectivity index (χ4n) is 2.06. The van der Waals surface area contributed by atoms with Gasteiger partial charge in [0.25, 0.3) is 0 Å². The number of amides is 1. The molecule has 1 heterocycles. The first-order chi connectivity index (χ1) is 12.6. The number of halogens is 2. The Bertz CT molecular complexity index is 919. The van der Waals surface area contributed by atoms with Crippen molar-refractivity contribution in [3.63, 3.8) is 0 Å². The standard InChI is InChI=1S/C16H13ClFN5O2S/c1-25-12-5-3-11(4-6-12)23-16(20-21-22-23)26-9-15(24)19-14-7-2-10(18)8-13(14)17/h2-8H,9H2,1H3,(H,19,24). The molecule has 26 heavy (non-hydrogen) atoms. The summed E-state index contributed by atoms with van der Waals surface area (Å²) in [6.45, 7) is 0. The summed E-state index contributed by atoms with van der Waals surface area (Å²) in [5.41, 5.74) is 1.08. The molecular weight excluding hydrogens is 381 g/mol. The molecule has 0 bridgehead atoms. The van der Waals surface area contributed by atoms with Gasteiger partial charge in [-0.3, -0.25) is 4.79 Å².